The van der Waals surface area contributed by atoms with E-state index >= 15 is 0 Å². The van der Waals surface area contributed by atoms with E-state index in [1.165, 1.54) is 6.07 Å². The third-order valence-electron chi connectivity index (χ3n) is 4.14. The van der Waals surface area contributed by atoms with Gasteiger partial charge in [0.1, 0.15) is 5.82 Å². The summed E-state index contributed by atoms with van der Waals surface area (Å²) in [6.45, 7) is 6.62. The number of hydrogen-bond acceptors (Lipinski definition) is 3. The van der Waals surface area contributed by atoms with Crippen LogP contribution in [0.3, 0.4) is 0 Å². The van der Waals surface area contributed by atoms with Crippen LogP contribution in [0.15, 0.2) is 18.2 Å². The van der Waals surface area contributed by atoms with Crippen molar-refractivity contribution in [1.82, 2.24) is 10.2 Å². The number of nitrogens with zero attached hydrogens (tertiary/aromatic N) is 1. The van der Waals surface area contributed by atoms with E-state index in [2.05, 4.69) is 5.32 Å². The maximum atomic E-state index is 13.7. The van der Waals surface area contributed by atoms with Crippen LogP contribution >= 0.6 is 0 Å². The molecule has 1 aromatic rings. The summed E-state index contributed by atoms with van der Waals surface area (Å²) in [5.74, 6) is -0.276. The topological polar surface area (TPSA) is 61.8 Å². The largest absolute Gasteiger partial charge is 0.393 e. The van der Waals surface area contributed by atoms with E-state index in [1.807, 2.05) is 13.0 Å². The Morgan fingerprint density at radius 3 is 2.91 bits per heavy atom. The maximum Gasteiger partial charge on any atom is 0.318 e. The quantitative estimate of drug-likeness (QED) is 0.894. The summed E-state index contributed by atoms with van der Waals surface area (Å²) in [6, 6.07) is 4.31. The molecule has 1 aliphatic heterocycles. The van der Waals surface area contributed by atoms with Gasteiger partial charge in [0, 0.05) is 6.54 Å². The van der Waals surface area contributed by atoms with Gasteiger partial charge in [-0.15, -0.1) is 0 Å². The number of halogens is 1. The zero-order chi connectivity index (χ0) is 17.0. The lowest BCUT2D eigenvalue weighted by Crippen LogP contribution is -2.53. The van der Waals surface area contributed by atoms with Gasteiger partial charge in [-0.3, -0.25) is 0 Å². The molecule has 2 N–H and O–H groups in total. The van der Waals surface area contributed by atoms with Gasteiger partial charge in [0.25, 0.3) is 0 Å². The number of hydrogen-bond donors (Lipinski definition) is 2. The van der Waals surface area contributed by atoms with Crippen LogP contribution in [-0.4, -0.2) is 47.9 Å². The third-order valence-corrected chi connectivity index (χ3v) is 4.14. The first kappa shape index (κ1) is 17.7. The predicted octanol–water partition coefficient (Wildman–Crippen LogP) is 2.38. The number of amides is 2. The second kappa shape index (κ2) is 7.75. The molecular weight excluding hydrogens is 299 g/mol. The second-order valence-electron chi connectivity index (χ2n) is 6.19. The first-order valence-corrected chi connectivity index (χ1v) is 7.97. The van der Waals surface area contributed by atoms with Crippen LogP contribution in [0, 0.1) is 12.7 Å². The molecule has 0 bridgehead atoms. The molecule has 3 atom stereocenters. The highest BCUT2D eigenvalue weighted by molar-refractivity contribution is 5.75. The van der Waals surface area contributed by atoms with Gasteiger partial charge in [-0.1, -0.05) is 12.1 Å². The van der Waals surface area contributed by atoms with Gasteiger partial charge in [-0.25, -0.2) is 9.18 Å². The van der Waals surface area contributed by atoms with Gasteiger partial charge in [-0.05, 0) is 44.4 Å². The number of rotatable bonds is 4. The number of urea groups is 1. The highest BCUT2D eigenvalue weighted by Crippen LogP contribution is 2.18. The molecule has 1 fully saturated rings. The smallest absolute Gasteiger partial charge is 0.318 e. The fourth-order valence-corrected chi connectivity index (χ4v) is 2.74. The summed E-state index contributed by atoms with van der Waals surface area (Å²) in [5, 5.41) is 12.5. The average molecular weight is 324 g/mol. The lowest BCUT2D eigenvalue weighted by atomic mass is 10.1. The predicted molar refractivity (Wildman–Crippen MR) is 85.7 cm³/mol. The lowest BCUT2D eigenvalue weighted by molar-refractivity contribution is -0.00474. The molecule has 1 aliphatic rings. The summed E-state index contributed by atoms with van der Waals surface area (Å²) in [5.41, 5.74) is 1.30. The van der Waals surface area contributed by atoms with E-state index in [-0.39, 0.29) is 23.9 Å². The van der Waals surface area contributed by atoms with E-state index < -0.39 is 6.10 Å². The van der Waals surface area contributed by atoms with Crippen LogP contribution in [0.5, 0.6) is 0 Å². The number of benzene rings is 1. The van der Waals surface area contributed by atoms with Crippen LogP contribution in [0.4, 0.5) is 9.18 Å². The monoisotopic (exact) mass is 324 g/mol. The molecule has 0 saturated carbocycles. The van der Waals surface area contributed by atoms with Crippen molar-refractivity contribution in [2.75, 3.05) is 19.8 Å². The van der Waals surface area contributed by atoms with Gasteiger partial charge in [0.15, 0.2) is 0 Å². The Labute approximate surface area is 136 Å². The molecule has 5 nitrogen and oxygen atoms in total. The fraction of sp³-hybridized carbons (Fsp3) is 0.588. The van der Waals surface area contributed by atoms with Crippen LogP contribution in [-0.2, 0) is 4.74 Å². The van der Waals surface area contributed by atoms with Crippen LogP contribution in [0.2, 0.25) is 0 Å². The Kier molecular flexibility index (Phi) is 5.96. The van der Waals surface area contributed by atoms with Crippen molar-refractivity contribution < 1.29 is 19.0 Å². The molecule has 1 saturated heterocycles. The summed E-state index contributed by atoms with van der Waals surface area (Å²) < 4.78 is 19.1. The standard InChI is InChI=1S/C17H25FN2O3/c1-11-4-5-14(9-16(11)18)13(3)19-17(22)20-6-7-23-10-15(20)8-12(2)21/h4-5,9,12-13,15,21H,6-8,10H2,1-3H3,(H,19,22)/t12-,13+,15+/m1/s1. The van der Waals surface area contributed by atoms with Crippen molar-refractivity contribution in [3.63, 3.8) is 0 Å². The van der Waals surface area contributed by atoms with Gasteiger partial charge in [0.2, 0.25) is 0 Å². The Balaban J connectivity index is 2.02. The number of aryl methyl sites for hydroxylation is 1. The van der Waals surface area contributed by atoms with E-state index in [0.29, 0.717) is 31.7 Å². The first-order chi connectivity index (χ1) is 10.9. The molecule has 0 aliphatic carbocycles. The average Bonchev–Trinajstić information content (AvgIpc) is 2.49. The summed E-state index contributed by atoms with van der Waals surface area (Å²) in [4.78, 5) is 14.2. The molecule has 128 valence electrons. The molecule has 6 heteroatoms. The van der Waals surface area contributed by atoms with Crippen molar-refractivity contribution in [1.29, 1.82) is 0 Å². The van der Waals surface area contributed by atoms with E-state index in [0.717, 1.165) is 5.56 Å². The number of morpholine rings is 1. The van der Waals surface area contributed by atoms with Crippen molar-refractivity contribution in [3.05, 3.63) is 35.1 Å². The van der Waals surface area contributed by atoms with Crippen molar-refractivity contribution in [2.24, 2.45) is 0 Å². The van der Waals surface area contributed by atoms with Crippen LogP contribution in [0.25, 0.3) is 0 Å². The Morgan fingerprint density at radius 1 is 1.52 bits per heavy atom. The number of aliphatic hydroxyl groups excluding tert-OH is 1. The molecule has 23 heavy (non-hydrogen) atoms. The van der Waals surface area contributed by atoms with Gasteiger partial charge >= 0.3 is 6.03 Å². The van der Waals surface area contributed by atoms with E-state index in [9.17, 15) is 14.3 Å². The fourth-order valence-electron chi connectivity index (χ4n) is 2.74. The summed E-state index contributed by atoms with van der Waals surface area (Å²) in [7, 11) is 0. The molecule has 0 unspecified atom stereocenters. The minimum absolute atomic E-state index is 0.147. The number of nitrogens with one attached hydrogen (secondary N) is 1. The minimum Gasteiger partial charge on any atom is -0.393 e. The molecule has 1 aromatic carbocycles. The number of carbonyl (C=O) groups excluding carboxylic acids is 1. The highest BCUT2D eigenvalue weighted by atomic mass is 19.1. The third kappa shape index (κ3) is 4.65. The minimum atomic E-state index is -0.499. The van der Waals surface area contributed by atoms with Crippen molar-refractivity contribution in [2.45, 2.75) is 45.4 Å². The molecule has 2 rings (SSSR count). The molecular formula is C17H25FN2O3. The van der Waals surface area contributed by atoms with E-state index in [4.69, 9.17) is 4.74 Å². The molecule has 0 radical (unpaired) electrons. The zero-order valence-corrected chi connectivity index (χ0v) is 13.9. The Hall–Kier alpha value is -1.66. The Bertz CT molecular complexity index is 551. The number of aliphatic hydroxyl groups is 1. The van der Waals surface area contributed by atoms with Crippen molar-refractivity contribution >= 4 is 6.03 Å². The number of carbonyl (C=O) groups is 1. The summed E-state index contributed by atoms with van der Waals surface area (Å²) >= 11 is 0. The van der Waals surface area contributed by atoms with E-state index in [1.54, 1.807) is 24.8 Å². The molecule has 0 aromatic heterocycles. The zero-order valence-electron chi connectivity index (χ0n) is 13.9. The maximum absolute atomic E-state index is 13.7. The van der Waals surface area contributed by atoms with Crippen molar-refractivity contribution in [3.8, 4) is 0 Å². The first-order valence-electron chi connectivity index (χ1n) is 7.97. The van der Waals surface area contributed by atoms with Gasteiger partial charge in [-0.2, -0.15) is 0 Å². The Morgan fingerprint density at radius 2 is 2.26 bits per heavy atom. The molecule has 0 spiro atoms. The highest BCUT2D eigenvalue weighted by Gasteiger charge is 2.29. The van der Waals surface area contributed by atoms with Crippen LogP contribution < -0.4 is 5.32 Å². The van der Waals surface area contributed by atoms with Gasteiger partial charge in [0.05, 0.1) is 31.4 Å². The second-order valence-corrected chi connectivity index (χ2v) is 6.19. The normalized spacial score (nSPS) is 20.9. The van der Waals surface area contributed by atoms with Gasteiger partial charge < -0.3 is 20.1 Å². The van der Waals surface area contributed by atoms with Crippen LogP contribution in [0.1, 0.15) is 37.4 Å². The lowest BCUT2D eigenvalue weighted by Gasteiger charge is -2.37. The molecule has 1 heterocycles. The number of ether oxygens (including phenoxy) is 1. The SMILES string of the molecule is Cc1ccc([C@H](C)NC(=O)N2CCOC[C@@H]2C[C@@H](C)O)cc1F. The molecule has 2 amide bonds. The summed E-state index contributed by atoms with van der Waals surface area (Å²) in [6.07, 6.45) is -0.0263.